The molecule has 2 nitrogen and oxygen atoms in total. The van der Waals surface area contributed by atoms with Crippen molar-refractivity contribution in [2.45, 2.75) is 65.5 Å². The largest absolute Gasteiger partial charge is 0.491 e. The fraction of sp³-hybridized carbons (Fsp3) is 0.684. The van der Waals surface area contributed by atoms with Gasteiger partial charge >= 0.3 is 0 Å². The lowest BCUT2D eigenvalue weighted by Crippen LogP contribution is -2.38. The Bertz CT molecular complexity index is 453. The van der Waals surface area contributed by atoms with Crippen LogP contribution < -0.4 is 10.1 Å². The molecule has 0 aromatic heterocycles. The number of benzene rings is 1. The predicted molar refractivity (Wildman–Crippen MR) is 89.7 cm³/mol. The summed E-state index contributed by atoms with van der Waals surface area (Å²) in [6, 6.07) is 8.90. The lowest BCUT2D eigenvalue weighted by Gasteiger charge is -2.43. The molecule has 2 heteroatoms. The fourth-order valence-electron chi connectivity index (χ4n) is 3.81. The maximum atomic E-state index is 6.05. The Morgan fingerprint density at radius 2 is 1.90 bits per heavy atom. The van der Waals surface area contributed by atoms with Gasteiger partial charge in [0.15, 0.2) is 0 Å². The number of ether oxygens (including phenoxy) is 1. The van der Waals surface area contributed by atoms with Crippen molar-refractivity contribution in [2.75, 3.05) is 7.05 Å². The second kappa shape index (κ2) is 6.83. The van der Waals surface area contributed by atoms with Crippen LogP contribution in [0.25, 0.3) is 0 Å². The second-order valence-electron chi connectivity index (χ2n) is 7.31. The highest BCUT2D eigenvalue weighted by atomic mass is 16.5. The zero-order valence-electron chi connectivity index (χ0n) is 14.3. The van der Waals surface area contributed by atoms with E-state index in [1.165, 1.54) is 31.2 Å². The summed E-state index contributed by atoms with van der Waals surface area (Å²) >= 11 is 0. The van der Waals surface area contributed by atoms with Gasteiger partial charge in [-0.25, -0.2) is 0 Å². The van der Waals surface area contributed by atoms with Crippen molar-refractivity contribution in [2.24, 2.45) is 11.3 Å². The van der Waals surface area contributed by atoms with E-state index in [4.69, 9.17) is 4.74 Å². The van der Waals surface area contributed by atoms with Crippen LogP contribution in [0.3, 0.4) is 0 Å². The lowest BCUT2D eigenvalue weighted by atomic mass is 9.64. The molecule has 1 fully saturated rings. The van der Waals surface area contributed by atoms with Crippen molar-refractivity contribution in [3.05, 3.63) is 29.8 Å². The second-order valence-corrected chi connectivity index (χ2v) is 7.31. The van der Waals surface area contributed by atoms with Gasteiger partial charge in [0.1, 0.15) is 5.75 Å². The minimum atomic E-state index is 0.211. The molecule has 1 saturated carbocycles. The number of nitrogens with one attached hydrogen (secondary N) is 1. The Morgan fingerprint density at radius 3 is 2.52 bits per heavy atom. The van der Waals surface area contributed by atoms with E-state index in [2.05, 4.69) is 64.3 Å². The molecule has 1 aromatic rings. The van der Waals surface area contributed by atoms with E-state index >= 15 is 0 Å². The Labute approximate surface area is 130 Å². The molecule has 1 N–H and O–H groups in total. The Hall–Kier alpha value is -1.02. The first-order valence-electron chi connectivity index (χ1n) is 8.38. The van der Waals surface area contributed by atoms with Crippen LogP contribution in [0.15, 0.2) is 24.3 Å². The molecule has 2 unspecified atom stereocenters. The first kappa shape index (κ1) is 16.4. The van der Waals surface area contributed by atoms with Crippen LogP contribution in [0.1, 0.15) is 65.0 Å². The molecule has 2 atom stereocenters. The van der Waals surface area contributed by atoms with E-state index in [1.807, 2.05) is 0 Å². The maximum Gasteiger partial charge on any atom is 0.124 e. The summed E-state index contributed by atoms with van der Waals surface area (Å²) in [5, 5.41) is 3.58. The van der Waals surface area contributed by atoms with Crippen LogP contribution in [0.4, 0.5) is 0 Å². The van der Waals surface area contributed by atoms with Crippen LogP contribution >= 0.6 is 0 Å². The van der Waals surface area contributed by atoms with Crippen LogP contribution in [-0.2, 0) is 0 Å². The standard InChI is InChI=1S/C19H31NO/c1-14(2)21-17-12-7-6-10-15(17)18(20-5)16-11-8-9-13-19(16,3)4/h6-7,10,12,14,16,18,20H,8-9,11,13H2,1-5H3. The Kier molecular flexibility index (Phi) is 5.32. The van der Waals surface area contributed by atoms with Gasteiger partial charge in [-0.15, -0.1) is 0 Å². The van der Waals surface area contributed by atoms with Crippen LogP contribution in [-0.4, -0.2) is 13.2 Å². The van der Waals surface area contributed by atoms with E-state index in [1.54, 1.807) is 0 Å². The molecule has 0 spiro atoms. The SMILES string of the molecule is CNC(c1ccccc1OC(C)C)C1CCCCC1(C)C. The van der Waals surface area contributed by atoms with E-state index in [-0.39, 0.29) is 6.10 Å². The zero-order chi connectivity index (χ0) is 15.5. The van der Waals surface area contributed by atoms with Crippen molar-refractivity contribution in [1.29, 1.82) is 0 Å². The summed E-state index contributed by atoms with van der Waals surface area (Å²) in [4.78, 5) is 0. The monoisotopic (exact) mass is 289 g/mol. The highest BCUT2D eigenvalue weighted by Gasteiger charge is 2.38. The average molecular weight is 289 g/mol. The summed E-state index contributed by atoms with van der Waals surface area (Å²) < 4.78 is 6.05. The number of hydrogen-bond acceptors (Lipinski definition) is 2. The van der Waals surface area contributed by atoms with E-state index < -0.39 is 0 Å². The maximum absolute atomic E-state index is 6.05. The zero-order valence-corrected chi connectivity index (χ0v) is 14.3. The van der Waals surface area contributed by atoms with Crippen molar-refractivity contribution in [3.8, 4) is 5.75 Å². The fourth-order valence-corrected chi connectivity index (χ4v) is 3.81. The normalized spacial score (nSPS) is 23.0. The molecule has 1 aliphatic carbocycles. The molecule has 1 aliphatic rings. The van der Waals surface area contributed by atoms with Gasteiger partial charge in [0.2, 0.25) is 0 Å². The van der Waals surface area contributed by atoms with Gasteiger partial charge in [-0.1, -0.05) is 44.9 Å². The van der Waals surface area contributed by atoms with Crippen molar-refractivity contribution < 1.29 is 4.74 Å². The predicted octanol–water partition coefficient (Wildman–Crippen LogP) is 4.95. The molecule has 0 amide bonds. The topological polar surface area (TPSA) is 21.3 Å². The van der Waals surface area contributed by atoms with E-state index in [0.29, 0.717) is 17.4 Å². The summed E-state index contributed by atoms with van der Waals surface area (Å²) in [5.41, 5.74) is 1.70. The third-order valence-corrected chi connectivity index (χ3v) is 4.92. The number of para-hydroxylation sites is 1. The lowest BCUT2D eigenvalue weighted by molar-refractivity contribution is 0.0991. The minimum absolute atomic E-state index is 0.211. The molecule has 0 radical (unpaired) electrons. The van der Waals surface area contributed by atoms with Gasteiger partial charge in [0.25, 0.3) is 0 Å². The van der Waals surface area contributed by atoms with Crippen LogP contribution in [0.5, 0.6) is 5.75 Å². The summed E-state index contributed by atoms with van der Waals surface area (Å²) in [7, 11) is 2.08. The number of rotatable bonds is 5. The molecule has 1 aromatic carbocycles. The van der Waals surface area contributed by atoms with E-state index in [0.717, 1.165) is 5.75 Å². The molecule has 118 valence electrons. The van der Waals surface area contributed by atoms with Gasteiger partial charge in [-0.05, 0) is 51.1 Å². The van der Waals surface area contributed by atoms with Crippen LogP contribution in [0, 0.1) is 11.3 Å². The van der Waals surface area contributed by atoms with Crippen molar-refractivity contribution in [1.82, 2.24) is 5.32 Å². The summed E-state index contributed by atoms with van der Waals surface area (Å²) in [6.07, 6.45) is 5.55. The van der Waals surface area contributed by atoms with Gasteiger partial charge in [0, 0.05) is 11.6 Å². The minimum Gasteiger partial charge on any atom is -0.491 e. The summed E-state index contributed by atoms with van der Waals surface area (Å²) in [5.74, 6) is 1.70. The number of hydrogen-bond donors (Lipinski definition) is 1. The Balaban J connectivity index is 2.32. The highest BCUT2D eigenvalue weighted by molar-refractivity contribution is 5.37. The van der Waals surface area contributed by atoms with Gasteiger partial charge < -0.3 is 10.1 Å². The molecular weight excluding hydrogens is 258 g/mol. The molecule has 0 heterocycles. The Morgan fingerprint density at radius 1 is 1.19 bits per heavy atom. The van der Waals surface area contributed by atoms with Gasteiger partial charge in [0.05, 0.1) is 6.10 Å². The molecule has 21 heavy (non-hydrogen) atoms. The highest BCUT2D eigenvalue weighted by Crippen LogP contribution is 2.48. The summed E-state index contributed by atoms with van der Waals surface area (Å²) in [6.45, 7) is 9.03. The molecule has 2 rings (SSSR count). The third-order valence-electron chi connectivity index (χ3n) is 4.92. The van der Waals surface area contributed by atoms with Gasteiger partial charge in [-0.2, -0.15) is 0 Å². The third kappa shape index (κ3) is 3.79. The first-order valence-corrected chi connectivity index (χ1v) is 8.38. The average Bonchev–Trinajstić information content (AvgIpc) is 2.42. The molecule has 0 saturated heterocycles. The van der Waals surface area contributed by atoms with E-state index in [9.17, 15) is 0 Å². The first-order chi connectivity index (χ1) is 9.95. The smallest absolute Gasteiger partial charge is 0.124 e. The van der Waals surface area contributed by atoms with Crippen LogP contribution in [0.2, 0.25) is 0 Å². The van der Waals surface area contributed by atoms with Crippen molar-refractivity contribution in [3.63, 3.8) is 0 Å². The molecule has 0 bridgehead atoms. The molecular formula is C19H31NO. The quantitative estimate of drug-likeness (QED) is 0.828. The van der Waals surface area contributed by atoms with Gasteiger partial charge in [-0.3, -0.25) is 0 Å². The molecule has 0 aliphatic heterocycles. The van der Waals surface area contributed by atoms with Crippen molar-refractivity contribution >= 4 is 0 Å².